The molecule has 0 atom stereocenters. The maximum Gasteiger partial charge on any atom is 0.130 e. The Hall–Kier alpha value is -1.96. The Morgan fingerprint density at radius 3 is 2.12 bits per heavy atom. The molecule has 0 saturated carbocycles. The van der Waals surface area contributed by atoms with Crippen molar-refractivity contribution in [3.63, 3.8) is 0 Å². The van der Waals surface area contributed by atoms with E-state index in [9.17, 15) is 8.78 Å². The van der Waals surface area contributed by atoms with Gasteiger partial charge in [0.1, 0.15) is 11.6 Å². The summed E-state index contributed by atoms with van der Waals surface area (Å²) in [6, 6.07) is 11.4. The van der Waals surface area contributed by atoms with Crippen LogP contribution in [-0.2, 0) is 0 Å². The van der Waals surface area contributed by atoms with Crippen molar-refractivity contribution < 1.29 is 8.78 Å². The summed E-state index contributed by atoms with van der Waals surface area (Å²) in [6.07, 6.45) is 3.15. The van der Waals surface area contributed by atoms with Gasteiger partial charge in [0.2, 0.25) is 0 Å². The van der Waals surface area contributed by atoms with E-state index in [4.69, 9.17) is 0 Å². The van der Waals surface area contributed by atoms with Crippen LogP contribution in [0.4, 0.5) is 8.78 Å². The molecule has 0 nitrogen and oxygen atoms in total. The fourth-order valence-electron chi connectivity index (χ4n) is 1.56. The molecule has 0 fully saturated rings. The van der Waals surface area contributed by atoms with Crippen molar-refractivity contribution in [2.75, 3.05) is 0 Å². The van der Waals surface area contributed by atoms with Crippen LogP contribution in [0.25, 0.3) is 12.2 Å². The molecule has 0 saturated heterocycles. The monoisotopic (exact) mass is 230 g/mol. The largest absolute Gasteiger partial charge is 0.206 e. The molecule has 2 aromatic carbocycles. The van der Waals surface area contributed by atoms with Crippen LogP contribution >= 0.6 is 0 Å². The SMILES string of the molecule is Cc1ccc(/C=C/c2ccccc2F)c(F)c1. The first-order chi connectivity index (χ1) is 8.16. The smallest absolute Gasteiger partial charge is 0.130 e. The van der Waals surface area contributed by atoms with Crippen LogP contribution in [-0.4, -0.2) is 0 Å². The zero-order chi connectivity index (χ0) is 12.3. The molecule has 0 spiro atoms. The van der Waals surface area contributed by atoms with E-state index < -0.39 is 0 Å². The van der Waals surface area contributed by atoms with Crippen molar-refractivity contribution in [2.45, 2.75) is 6.92 Å². The van der Waals surface area contributed by atoms with E-state index in [1.807, 2.05) is 13.0 Å². The highest BCUT2D eigenvalue weighted by molar-refractivity contribution is 5.70. The van der Waals surface area contributed by atoms with Crippen LogP contribution in [0.1, 0.15) is 16.7 Å². The van der Waals surface area contributed by atoms with E-state index in [1.54, 1.807) is 36.4 Å². The van der Waals surface area contributed by atoms with Crippen LogP contribution in [0.2, 0.25) is 0 Å². The molecule has 2 aromatic rings. The van der Waals surface area contributed by atoms with Crippen LogP contribution in [0.15, 0.2) is 42.5 Å². The van der Waals surface area contributed by atoms with Crippen molar-refractivity contribution >= 4 is 12.2 Å². The molecule has 0 unspecified atom stereocenters. The molecule has 0 N–H and O–H groups in total. The molecule has 0 aromatic heterocycles. The molecular formula is C15H12F2. The molecule has 2 heteroatoms. The van der Waals surface area contributed by atoms with Gasteiger partial charge in [-0.05, 0) is 24.6 Å². The maximum atomic E-state index is 13.5. The molecule has 0 aliphatic rings. The quantitative estimate of drug-likeness (QED) is 0.669. The highest BCUT2D eigenvalue weighted by atomic mass is 19.1. The summed E-state index contributed by atoms with van der Waals surface area (Å²) < 4.78 is 26.8. The van der Waals surface area contributed by atoms with E-state index in [0.717, 1.165) is 5.56 Å². The van der Waals surface area contributed by atoms with Crippen molar-refractivity contribution in [3.8, 4) is 0 Å². The zero-order valence-corrected chi connectivity index (χ0v) is 9.45. The standard InChI is InChI=1S/C15H12F2/c1-11-6-7-13(15(17)10-11)9-8-12-4-2-3-5-14(12)16/h2-10H,1H3/b9-8+. The molecule has 0 heterocycles. The third kappa shape index (κ3) is 2.78. The van der Waals surface area contributed by atoms with Gasteiger partial charge < -0.3 is 0 Å². The summed E-state index contributed by atoms with van der Waals surface area (Å²) >= 11 is 0. The lowest BCUT2D eigenvalue weighted by Crippen LogP contribution is -1.84. The normalized spacial score (nSPS) is 11.0. The number of benzene rings is 2. The van der Waals surface area contributed by atoms with Gasteiger partial charge in [0, 0.05) is 11.1 Å². The van der Waals surface area contributed by atoms with Crippen LogP contribution in [0.5, 0.6) is 0 Å². The molecule has 0 aliphatic heterocycles. The van der Waals surface area contributed by atoms with Crippen molar-refractivity contribution in [3.05, 3.63) is 70.8 Å². The predicted molar refractivity (Wildman–Crippen MR) is 66.5 cm³/mol. The van der Waals surface area contributed by atoms with E-state index in [-0.39, 0.29) is 11.6 Å². The maximum absolute atomic E-state index is 13.5. The predicted octanol–water partition coefficient (Wildman–Crippen LogP) is 4.44. The first kappa shape index (κ1) is 11.5. The average Bonchev–Trinajstić information content (AvgIpc) is 2.30. The number of hydrogen-bond acceptors (Lipinski definition) is 0. The van der Waals surface area contributed by atoms with Gasteiger partial charge in [-0.2, -0.15) is 0 Å². The summed E-state index contributed by atoms with van der Waals surface area (Å²) in [6.45, 7) is 1.83. The Morgan fingerprint density at radius 2 is 1.47 bits per heavy atom. The second-order valence-corrected chi connectivity index (χ2v) is 3.88. The minimum absolute atomic E-state index is 0.294. The van der Waals surface area contributed by atoms with Crippen molar-refractivity contribution in [1.82, 2.24) is 0 Å². The van der Waals surface area contributed by atoms with E-state index in [2.05, 4.69) is 0 Å². The van der Waals surface area contributed by atoms with E-state index in [0.29, 0.717) is 11.1 Å². The van der Waals surface area contributed by atoms with Gasteiger partial charge in [-0.25, -0.2) is 8.78 Å². The van der Waals surface area contributed by atoms with Gasteiger partial charge in [-0.1, -0.05) is 42.5 Å². The molecular weight excluding hydrogens is 218 g/mol. The molecule has 0 radical (unpaired) electrons. The topological polar surface area (TPSA) is 0 Å². The van der Waals surface area contributed by atoms with Crippen LogP contribution in [0.3, 0.4) is 0 Å². The first-order valence-corrected chi connectivity index (χ1v) is 5.35. The fraction of sp³-hybridized carbons (Fsp3) is 0.0667. The Bertz CT molecular complexity index is 557. The second kappa shape index (κ2) is 4.91. The van der Waals surface area contributed by atoms with Gasteiger partial charge in [-0.3, -0.25) is 0 Å². The number of rotatable bonds is 2. The van der Waals surface area contributed by atoms with E-state index in [1.165, 1.54) is 12.1 Å². The highest BCUT2D eigenvalue weighted by Gasteiger charge is 1.99. The lowest BCUT2D eigenvalue weighted by molar-refractivity contribution is 0.623. The number of halogens is 2. The van der Waals surface area contributed by atoms with Gasteiger partial charge in [-0.15, -0.1) is 0 Å². The third-order valence-corrected chi connectivity index (χ3v) is 2.50. The summed E-state index contributed by atoms with van der Waals surface area (Å²) in [7, 11) is 0. The Kier molecular flexibility index (Phi) is 3.33. The molecule has 17 heavy (non-hydrogen) atoms. The van der Waals surface area contributed by atoms with Crippen molar-refractivity contribution in [1.29, 1.82) is 0 Å². The van der Waals surface area contributed by atoms with Gasteiger partial charge in [0.15, 0.2) is 0 Å². The van der Waals surface area contributed by atoms with Crippen LogP contribution in [0, 0.1) is 18.6 Å². The summed E-state index contributed by atoms with van der Waals surface area (Å²) in [5.74, 6) is -0.603. The fourth-order valence-corrected chi connectivity index (χ4v) is 1.56. The summed E-state index contributed by atoms with van der Waals surface area (Å²) in [5, 5.41) is 0. The Morgan fingerprint density at radius 1 is 0.824 bits per heavy atom. The zero-order valence-electron chi connectivity index (χ0n) is 9.45. The minimum Gasteiger partial charge on any atom is -0.206 e. The first-order valence-electron chi connectivity index (χ1n) is 5.35. The molecule has 0 bridgehead atoms. The molecule has 0 amide bonds. The molecule has 0 aliphatic carbocycles. The molecule has 2 rings (SSSR count). The Labute approximate surface area is 99.2 Å². The van der Waals surface area contributed by atoms with Gasteiger partial charge in [0.25, 0.3) is 0 Å². The Balaban J connectivity index is 2.29. The minimum atomic E-state index is -0.309. The van der Waals surface area contributed by atoms with E-state index >= 15 is 0 Å². The number of hydrogen-bond donors (Lipinski definition) is 0. The lowest BCUT2D eigenvalue weighted by Gasteiger charge is -1.99. The number of aryl methyl sites for hydroxylation is 1. The third-order valence-electron chi connectivity index (χ3n) is 2.50. The second-order valence-electron chi connectivity index (χ2n) is 3.88. The van der Waals surface area contributed by atoms with Gasteiger partial charge >= 0.3 is 0 Å². The summed E-state index contributed by atoms with van der Waals surface area (Å²) in [4.78, 5) is 0. The van der Waals surface area contributed by atoms with Gasteiger partial charge in [0.05, 0.1) is 0 Å². The lowest BCUT2D eigenvalue weighted by atomic mass is 10.1. The average molecular weight is 230 g/mol. The summed E-state index contributed by atoms with van der Waals surface area (Å²) in [5.41, 5.74) is 1.77. The molecule has 86 valence electrons. The van der Waals surface area contributed by atoms with Crippen LogP contribution < -0.4 is 0 Å². The highest BCUT2D eigenvalue weighted by Crippen LogP contribution is 2.15. The van der Waals surface area contributed by atoms with Crippen molar-refractivity contribution in [2.24, 2.45) is 0 Å².